The van der Waals surface area contributed by atoms with Crippen molar-refractivity contribution in [3.05, 3.63) is 65.2 Å². The molecule has 172 valence electrons. The monoisotopic (exact) mass is 438 g/mol. The molecule has 1 saturated heterocycles. The predicted molar refractivity (Wildman–Crippen MR) is 127 cm³/mol. The van der Waals surface area contributed by atoms with E-state index in [-0.39, 0.29) is 5.91 Å². The summed E-state index contributed by atoms with van der Waals surface area (Å²) in [6, 6.07) is 15.4. The second kappa shape index (κ2) is 12.7. The molecular weight excluding hydrogens is 404 g/mol. The number of nitrogens with zero attached hydrogens (tertiary/aromatic N) is 1. The van der Waals surface area contributed by atoms with E-state index in [2.05, 4.69) is 41.1 Å². The molecule has 1 aliphatic heterocycles. The van der Waals surface area contributed by atoms with Crippen LogP contribution in [0.3, 0.4) is 0 Å². The van der Waals surface area contributed by atoms with Crippen LogP contribution in [0.15, 0.2) is 53.5 Å². The quantitative estimate of drug-likeness (QED) is 0.302. The molecule has 1 fully saturated rings. The van der Waals surface area contributed by atoms with Crippen LogP contribution in [0.4, 0.5) is 0 Å². The van der Waals surface area contributed by atoms with Gasteiger partial charge in [-0.1, -0.05) is 30.3 Å². The van der Waals surface area contributed by atoms with Gasteiger partial charge in [0.2, 0.25) is 0 Å². The average molecular weight is 439 g/mol. The Morgan fingerprint density at radius 3 is 2.69 bits per heavy atom. The molecular formula is C25H34N4O3. The largest absolute Gasteiger partial charge is 0.493 e. The molecule has 2 aromatic carbocycles. The Bertz CT molecular complexity index is 880. The Morgan fingerprint density at radius 1 is 1.12 bits per heavy atom. The van der Waals surface area contributed by atoms with Crippen LogP contribution in [0.25, 0.3) is 0 Å². The van der Waals surface area contributed by atoms with Crippen LogP contribution in [0.1, 0.15) is 34.8 Å². The van der Waals surface area contributed by atoms with Crippen molar-refractivity contribution in [3.63, 3.8) is 0 Å². The summed E-state index contributed by atoms with van der Waals surface area (Å²) in [5.74, 6) is 1.96. The van der Waals surface area contributed by atoms with E-state index in [4.69, 9.17) is 14.5 Å². The first-order valence-corrected chi connectivity index (χ1v) is 11.3. The van der Waals surface area contributed by atoms with Gasteiger partial charge >= 0.3 is 0 Å². The number of carbonyl (C=O) groups excluding carboxylic acids is 1. The highest BCUT2D eigenvalue weighted by Gasteiger charge is 2.17. The van der Waals surface area contributed by atoms with Gasteiger partial charge in [0.05, 0.1) is 19.8 Å². The fraction of sp³-hybridized carbons (Fsp3) is 0.440. The van der Waals surface area contributed by atoms with Crippen molar-refractivity contribution in [1.82, 2.24) is 16.0 Å². The van der Waals surface area contributed by atoms with Crippen LogP contribution >= 0.6 is 0 Å². The van der Waals surface area contributed by atoms with E-state index in [0.717, 1.165) is 43.1 Å². The summed E-state index contributed by atoms with van der Waals surface area (Å²) in [6.07, 6.45) is 1.05. The number of carbonyl (C=O) groups is 1. The lowest BCUT2D eigenvalue weighted by atomic mass is 10.1. The van der Waals surface area contributed by atoms with Gasteiger partial charge in [-0.25, -0.2) is 4.99 Å². The lowest BCUT2D eigenvalue weighted by Crippen LogP contribution is -2.41. The third kappa shape index (κ3) is 7.57. The Balaban J connectivity index is 1.52. The lowest BCUT2D eigenvalue weighted by Gasteiger charge is -2.15. The molecule has 0 saturated carbocycles. The fourth-order valence-electron chi connectivity index (χ4n) is 3.40. The van der Waals surface area contributed by atoms with Crippen LogP contribution in [0, 0.1) is 12.8 Å². The summed E-state index contributed by atoms with van der Waals surface area (Å²) in [6.45, 7) is 8.68. The molecule has 1 amide bonds. The molecule has 0 radical (unpaired) electrons. The standard InChI is InChI=1S/C25H34N4O3/c1-3-26-25(28-13-12-27-24(30)21-7-5-4-6-8-21)29-16-22-10-9-19(2)15-23(22)32-18-20-11-14-31-17-20/h4-10,15,20H,3,11-14,16-18H2,1-2H3,(H,27,30)(H2,26,28,29). The molecule has 1 unspecified atom stereocenters. The molecule has 32 heavy (non-hydrogen) atoms. The van der Waals surface area contributed by atoms with E-state index < -0.39 is 0 Å². The predicted octanol–water partition coefficient (Wildman–Crippen LogP) is 2.90. The van der Waals surface area contributed by atoms with Gasteiger partial charge < -0.3 is 25.4 Å². The minimum Gasteiger partial charge on any atom is -0.493 e. The molecule has 0 aromatic heterocycles. The summed E-state index contributed by atoms with van der Waals surface area (Å²) in [4.78, 5) is 16.8. The number of aliphatic imine (C=N–C) groups is 1. The van der Waals surface area contributed by atoms with Crippen LogP contribution < -0.4 is 20.7 Å². The zero-order valence-corrected chi connectivity index (χ0v) is 19.0. The highest BCUT2D eigenvalue weighted by atomic mass is 16.5. The molecule has 0 bridgehead atoms. The molecule has 3 rings (SSSR count). The van der Waals surface area contributed by atoms with E-state index in [0.29, 0.717) is 43.7 Å². The maximum absolute atomic E-state index is 12.1. The summed E-state index contributed by atoms with van der Waals surface area (Å²) in [5, 5.41) is 9.44. The molecule has 1 heterocycles. The number of rotatable bonds is 10. The highest BCUT2D eigenvalue weighted by Crippen LogP contribution is 2.23. The van der Waals surface area contributed by atoms with Crippen molar-refractivity contribution < 1.29 is 14.3 Å². The third-order valence-corrected chi connectivity index (χ3v) is 5.21. The van der Waals surface area contributed by atoms with Gasteiger partial charge in [-0.3, -0.25) is 4.79 Å². The number of benzene rings is 2. The Hall–Kier alpha value is -3.06. The van der Waals surface area contributed by atoms with Gasteiger partial charge in [0.25, 0.3) is 5.91 Å². The van der Waals surface area contributed by atoms with Crippen LogP contribution in [-0.4, -0.2) is 51.3 Å². The normalized spacial score (nSPS) is 15.9. The molecule has 1 aliphatic rings. The maximum atomic E-state index is 12.1. The number of ether oxygens (including phenoxy) is 2. The van der Waals surface area contributed by atoms with E-state index in [1.165, 1.54) is 0 Å². The van der Waals surface area contributed by atoms with E-state index in [1.807, 2.05) is 25.1 Å². The zero-order valence-electron chi connectivity index (χ0n) is 19.0. The van der Waals surface area contributed by atoms with Gasteiger partial charge in [0, 0.05) is 43.3 Å². The summed E-state index contributed by atoms with van der Waals surface area (Å²) >= 11 is 0. The van der Waals surface area contributed by atoms with Gasteiger partial charge in [0.15, 0.2) is 5.96 Å². The maximum Gasteiger partial charge on any atom is 0.251 e. The van der Waals surface area contributed by atoms with E-state index in [9.17, 15) is 4.79 Å². The third-order valence-electron chi connectivity index (χ3n) is 5.21. The fourth-order valence-corrected chi connectivity index (χ4v) is 3.40. The molecule has 3 N–H and O–H groups in total. The lowest BCUT2D eigenvalue weighted by molar-refractivity contribution is 0.0954. The van der Waals surface area contributed by atoms with Crippen molar-refractivity contribution in [2.45, 2.75) is 26.8 Å². The first-order chi connectivity index (χ1) is 15.7. The van der Waals surface area contributed by atoms with Gasteiger partial charge in [-0.15, -0.1) is 0 Å². The van der Waals surface area contributed by atoms with Crippen molar-refractivity contribution >= 4 is 11.9 Å². The number of hydrogen-bond acceptors (Lipinski definition) is 4. The van der Waals surface area contributed by atoms with Gasteiger partial charge in [-0.05, 0) is 44.0 Å². The Kier molecular flexibility index (Phi) is 9.37. The molecule has 7 nitrogen and oxygen atoms in total. The average Bonchev–Trinajstić information content (AvgIpc) is 3.33. The first-order valence-electron chi connectivity index (χ1n) is 11.3. The summed E-state index contributed by atoms with van der Waals surface area (Å²) in [5.41, 5.74) is 2.86. The van der Waals surface area contributed by atoms with Crippen molar-refractivity contribution in [2.24, 2.45) is 10.9 Å². The van der Waals surface area contributed by atoms with E-state index in [1.54, 1.807) is 12.1 Å². The minimum atomic E-state index is -0.0801. The molecule has 0 spiro atoms. The number of hydrogen-bond donors (Lipinski definition) is 3. The Morgan fingerprint density at radius 2 is 1.94 bits per heavy atom. The summed E-state index contributed by atoms with van der Waals surface area (Å²) < 4.78 is 11.6. The molecule has 0 aliphatic carbocycles. The molecule has 7 heteroatoms. The zero-order chi connectivity index (χ0) is 22.6. The number of aryl methyl sites for hydroxylation is 1. The first kappa shape index (κ1) is 23.6. The van der Waals surface area contributed by atoms with Crippen LogP contribution in [-0.2, 0) is 11.3 Å². The van der Waals surface area contributed by atoms with Crippen molar-refractivity contribution in [1.29, 1.82) is 0 Å². The van der Waals surface area contributed by atoms with Crippen molar-refractivity contribution in [2.75, 3.05) is 39.5 Å². The highest BCUT2D eigenvalue weighted by molar-refractivity contribution is 5.94. The van der Waals surface area contributed by atoms with Gasteiger partial charge in [-0.2, -0.15) is 0 Å². The minimum absolute atomic E-state index is 0.0801. The number of guanidine groups is 1. The second-order valence-electron chi connectivity index (χ2n) is 7.90. The molecule has 2 aromatic rings. The number of nitrogens with one attached hydrogen (secondary N) is 3. The molecule has 1 atom stereocenters. The summed E-state index contributed by atoms with van der Waals surface area (Å²) in [7, 11) is 0. The van der Waals surface area contributed by atoms with Crippen molar-refractivity contribution in [3.8, 4) is 5.75 Å². The van der Waals surface area contributed by atoms with Crippen LogP contribution in [0.2, 0.25) is 0 Å². The van der Waals surface area contributed by atoms with E-state index >= 15 is 0 Å². The van der Waals surface area contributed by atoms with Crippen LogP contribution in [0.5, 0.6) is 5.75 Å². The SMILES string of the molecule is CCNC(=NCc1ccc(C)cc1OCC1CCOC1)NCCNC(=O)c1ccccc1. The van der Waals surface area contributed by atoms with Gasteiger partial charge in [0.1, 0.15) is 5.75 Å². The number of amides is 1. The smallest absolute Gasteiger partial charge is 0.251 e. The Labute approximate surface area is 190 Å². The topological polar surface area (TPSA) is 84.0 Å². The second-order valence-corrected chi connectivity index (χ2v) is 7.90.